The van der Waals surface area contributed by atoms with Gasteiger partial charge in [0.1, 0.15) is 0 Å². The lowest BCUT2D eigenvalue weighted by atomic mass is 9.81. The van der Waals surface area contributed by atoms with Gasteiger partial charge in [0.2, 0.25) is 10.0 Å². The van der Waals surface area contributed by atoms with Gasteiger partial charge in [0, 0.05) is 24.0 Å². The lowest BCUT2D eigenvalue weighted by Crippen LogP contribution is -2.37. The Kier molecular flexibility index (Phi) is 5.13. The average molecular weight is 331 g/mol. The summed E-state index contributed by atoms with van der Waals surface area (Å²) in [7, 11) is -3.42. The summed E-state index contributed by atoms with van der Waals surface area (Å²) in [6, 6.07) is 2.29. The second-order valence-electron chi connectivity index (χ2n) is 6.83. The first-order chi connectivity index (χ1) is 9.72. The molecule has 1 aromatic rings. The molecule has 120 valence electrons. The van der Waals surface area contributed by atoms with E-state index in [-0.39, 0.29) is 5.41 Å². The molecule has 1 aliphatic carbocycles. The molecule has 4 nitrogen and oxygen atoms in total. The Balaban J connectivity index is 2.03. The van der Waals surface area contributed by atoms with E-state index in [1.807, 2.05) is 5.38 Å². The third kappa shape index (κ3) is 4.52. The molecule has 6 heteroatoms. The summed E-state index contributed by atoms with van der Waals surface area (Å²) < 4.78 is 27.8. The Hall–Kier alpha value is -0.430. The fourth-order valence-corrected chi connectivity index (χ4v) is 4.40. The molecule has 0 aromatic carbocycles. The zero-order chi connectivity index (χ0) is 15.7. The van der Waals surface area contributed by atoms with E-state index in [4.69, 9.17) is 0 Å². The molecule has 0 spiro atoms. The average Bonchev–Trinajstić information content (AvgIpc) is 3.10. The van der Waals surface area contributed by atoms with E-state index < -0.39 is 10.0 Å². The predicted octanol–water partition coefficient (Wildman–Crippen LogP) is 2.96. The van der Waals surface area contributed by atoms with Gasteiger partial charge in [-0.15, -0.1) is 11.3 Å². The van der Waals surface area contributed by atoms with Crippen molar-refractivity contribution < 1.29 is 8.42 Å². The number of hydrogen-bond donors (Lipinski definition) is 2. The van der Waals surface area contributed by atoms with E-state index in [0.717, 1.165) is 4.88 Å². The fourth-order valence-electron chi connectivity index (χ4n) is 1.78. The zero-order valence-corrected chi connectivity index (χ0v) is 14.9. The van der Waals surface area contributed by atoms with Gasteiger partial charge in [0.05, 0.1) is 4.90 Å². The molecule has 1 aromatic heterocycles. The van der Waals surface area contributed by atoms with Gasteiger partial charge in [0.25, 0.3) is 0 Å². The Labute approximate surface area is 132 Å². The quantitative estimate of drug-likeness (QED) is 0.770. The smallest absolute Gasteiger partial charge is 0.241 e. The second kappa shape index (κ2) is 6.36. The predicted molar refractivity (Wildman–Crippen MR) is 88.0 cm³/mol. The van der Waals surface area contributed by atoms with Crippen LogP contribution < -0.4 is 10.0 Å². The molecule has 1 heterocycles. The van der Waals surface area contributed by atoms with Crippen LogP contribution in [0.5, 0.6) is 0 Å². The number of nitrogens with one attached hydrogen (secondary N) is 2. The number of thiophene rings is 1. The molecule has 0 saturated heterocycles. The van der Waals surface area contributed by atoms with Gasteiger partial charge in [-0.05, 0) is 35.6 Å². The second-order valence-corrected chi connectivity index (χ2v) is 9.57. The minimum atomic E-state index is -3.42. The highest BCUT2D eigenvalue weighted by molar-refractivity contribution is 7.89. The summed E-state index contributed by atoms with van der Waals surface area (Å²) in [6.07, 6.45) is 2.41. The first-order valence-electron chi connectivity index (χ1n) is 7.52. The zero-order valence-electron chi connectivity index (χ0n) is 13.3. The summed E-state index contributed by atoms with van der Waals surface area (Å²) >= 11 is 1.50. The van der Waals surface area contributed by atoms with Crippen LogP contribution in [-0.2, 0) is 16.6 Å². The molecule has 2 N–H and O–H groups in total. The minimum absolute atomic E-state index is 0.0600. The molecule has 1 saturated carbocycles. The van der Waals surface area contributed by atoms with Crippen LogP contribution in [0.25, 0.3) is 0 Å². The Morgan fingerprint density at radius 3 is 2.62 bits per heavy atom. The molecular formula is C15H26N2O2S2. The molecular weight excluding hydrogens is 304 g/mol. The van der Waals surface area contributed by atoms with Crippen molar-refractivity contribution in [2.24, 2.45) is 11.3 Å². The van der Waals surface area contributed by atoms with Crippen LogP contribution in [0, 0.1) is 11.3 Å². The summed E-state index contributed by atoms with van der Waals surface area (Å²) in [5.74, 6) is 0.415. The highest BCUT2D eigenvalue weighted by Crippen LogP contribution is 2.27. The monoisotopic (exact) mass is 330 g/mol. The van der Waals surface area contributed by atoms with Gasteiger partial charge in [0.15, 0.2) is 0 Å². The van der Waals surface area contributed by atoms with Crippen molar-refractivity contribution in [3.63, 3.8) is 0 Å². The van der Waals surface area contributed by atoms with Gasteiger partial charge in [-0.2, -0.15) is 0 Å². The van der Waals surface area contributed by atoms with Crippen molar-refractivity contribution in [1.29, 1.82) is 0 Å². The van der Waals surface area contributed by atoms with Crippen molar-refractivity contribution in [3.05, 3.63) is 16.3 Å². The molecule has 0 amide bonds. The summed E-state index contributed by atoms with van der Waals surface area (Å²) in [6.45, 7) is 9.50. The van der Waals surface area contributed by atoms with Crippen molar-refractivity contribution in [3.8, 4) is 0 Å². The molecule has 0 atom stereocenters. The molecule has 1 fully saturated rings. The normalized spacial score (nSPS) is 16.6. The SMILES string of the molecule is CC(C)C(C)(C)CNS(=O)(=O)c1ccsc1CNC1CC1. The summed E-state index contributed by atoms with van der Waals surface area (Å²) in [5.41, 5.74) is -0.0600. The maximum absolute atomic E-state index is 12.5. The third-order valence-electron chi connectivity index (χ3n) is 4.40. The van der Waals surface area contributed by atoms with Crippen LogP contribution in [0.2, 0.25) is 0 Å². The van der Waals surface area contributed by atoms with Gasteiger partial charge in [-0.1, -0.05) is 27.7 Å². The van der Waals surface area contributed by atoms with Crippen LogP contribution >= 0.6 is 11.3 Å². The maximum Gasteiger partial charge on any atom is 0.241 e. The van der Waals surface area contributed by atoms with Crippen molar-refractivity contribution in [1.82, 2.24) is 10.0 Å². The molecule has 0 bridgehead atoms. The van der Waals surface area contributed by atoms with Crippen LogP contribution in [0.1, 0.15) is 45.4 Å². The minimum Gasteiger partial charge on any atom is -0.309 e. The first-order valence-corrected chi connectivity index (χ1v) is 9.88. The number of sulfonamides is 1. The topological polar surface area (TPSA) is 58.2 Å². The van der Waals surface area contributed by atoms with E-state index in [9.17, 15) is 8.42 Å². The van der Waals surface area contributed by atoms with E-state index in [1.165, 1.54) is 24.2 Å². The van der Waals surface area contributed by atoms with Crippen LogP contribution in [-0.4, -0.2) is 21.0 Å². The van der Waals surface area contributed by atoms with Gasteiger partial charge in [-0.25, -0.2) is 13.1 Å². The summed E-state index contributed by atoms with van der Waals surface area (Å²) in [5, 5.41) is 5.23. The Morgan fingerprint density at radius 2 is 2.05 bits per heavy atom. The van der Waals surface area contributed by atoms with Gasteiger partial charge < -0.3 is 5.32 Å². The Bertz CT molecular complexity index is 572. The molecule has 0 unspecified atom stereocenters. The third-order valence-corrected chi connectivity index (χ3v) is 6.94. The van der Waals surface area contributed by atoms with Crippen molar-refractivity contribution in [2.75, 3.05) is 6.54 Å². The molecule has 0 aliphatic heterocycles. The van der Waals surface area contributed by atoms with Crippen LogP contribution in [0.4, 0.5) is 0 Å². The standard InChI is InChI=1S/C15H26N2O2S2/c1-11(2)15(3,4)10-17-21(18,19)14-7-8-20-13(14)9-16-12-5-6-12/h7-8,11-12,16-17H,5-6,9-10H2,1-4H3. The highest BCUT2D eigenvalue weighted by atomic mass is 32.2. The van der Waals surface area contributed by atoms with E-state index >= 15 is 0 Å². The van der Waals surface area contributed by atoms with Crippen LogP contribution in [0.3, 0.4) is 0 Å². The van der Waals surface area contributed by atoms with Crippen molar-refractivity contribution >= 4 is 21.4 Å². The van der Waals surface area contributed by atoms with E-state index in [2.05, 4.69) is 37.7 Å². The number of rotatable bonds is 8. The lowest BCUT2D eigenvalue weighted by molar-refractivity contribution is 0.252. The van der Waals surface area contributed by atoms with Crippen LogP contribution in [0.15, 0.2) is 16.3 Å². The number of hydrogen-bond acceptors (Lipinski definition) is 4. The van der Waals surface area contributed by atoms with E-state index in [0.29, 0.717) is 29.9 Å². The molecule has 0 radical (unpaired) electrons. The summed E-state index contributed by atoms with van der Waals surface area (Å²) in [4.78, 5) is 1.33. The molecule has 1 aliphatic rings. The van der Waals surface area contributed by atoms with E-state index in [1.54, 1.807) is 6.07 Å². The fraction of sp³-hybridized carbons (Fsp3) is 0.733. The largest absolute Gasteiger partial charge is 0.309 e. The lowest BCUT2D eigenvalue weighted by Gasteiger charge is -2.29. The molecule has 21 heavy (non-hydrogen) atoms. The van der Waals surface area contributed by atoms with Crippen molar-refractivity contribution in [2.45, 2.75) is 58.0 Å². The maximum atomic E-state index is 12.5. The van der Waals surface area contributed by atoms with Gasteiger partial charge >= 0.3 is 0 Å². The first kappa shape index (κ1) is 16.9. The van der Waals surface area contributed by atoms with Gasteiger partial charge in [-0.3, -0.25) is 0 Å². The Morgan fingerprint density at radius 1 is 1.38 bits per heavy atom. The highest BCUT2D eigenvalue weighted by Gasteiger charge is 2.27. The molecule has 2 rings (SSSR count).